The van der Waals surface area contributed by atoms with Crippen LogP contribution in [-0.4, -0.2) is 48.4 Å². The highest BCUT2D eigenvalue weighted by molar-refractivity contribution is 7.07. The maximum Gasteiger partial charge on any atom is 0.241 e. The third kappa shape index (κ3) is 3.47. The number of hydrogen-bond donors (Lipinski definition) is 1. The molecule has 1 N–H and O–H groups in total. The highest BCUT2D eigenvalue weighted by Gasteiger charge is 2.43. The van der Waals surface area contributed by atoms with Gasteiger partial charge >= 0.3 is 0 Å². The molecular weight excluding hydrogens is 282 g/mol. The Hall–Kier alpha value is -0.910. The van der Waals surface area contributed by atoms with E-state index in [1.54, 1.807) is 11.3 Å². The van der Waals surface area contributed by atoms with E-state index in [0.717, 1.165) is 13.0 Å². The Kier molecular flexibility index (Phi) is 5.41. The first-order valence-electron chi connectivity index (χ1n) is 7.70. The Morgan fingerprint density at radius 3 is 2.67 bits per heavy atom. The number of carbonyl (C=O) groups excluding carboxylic acids is 1. The lowest BCUT2D eigenvalue weighted by Gasteiger charge is -2.31. The molecule has 0 spiro atoms. The lowest BCUT2D eigenvalue weighted by Crippen LogP contribution is -2.44. The molecule has 0 aliphatic carbocycles. The fourth-order valence-corrected chi connectivity index (χ4v) is 3.71. The second-order valence-electron chi connectivity index (χ2n) is 6.35. The topological polar surface area (TPSA) is 35.6 Å². The van der Waals surface area contributed by atoms with Crippen LogP contribution in [0.5, 0.6) is 0 Å². The zero-order valence-electron chi connectivity index (χ0n) is 13.7. The van der Waals surface area contributed by atoms with Crippen LogP contribution in [0.4, 0.5) is 0 Å². The third-order valence-corrected chi connectivity index (χ3v) is 5.01. The van der Waals surface area contributed by atoms with Gasteiger partial charge in [-0.15, -0.1) is 0 Å². The summed E-state index contributed by atoms with van der Waals surface area (Å²) in [7, 11) is 4.10. The van der Waals surface area contributed by atoms with Gasteiger partial charge in [0.05, 0.1) is 6.04 Å². The quantitative estimate of drug-likeness (QED) is 0.877. The van der Waals surface area contributed by atoms with Gasteiger partial charge in [0.15, 0.2) is 0 Å². The molecule has 4 unspecified atom stereocenters. The van der Waals surface area contributed by atoms with Crippen LogP contribution >= 0.6 is 11.3 Å². The van der Waals surface area contributed by atoms with Crippen molar-refractivity contribution in [2.75, 3.05) is 20.6 Å². The van der Waals surface area contributed by atoms with Crippen molar-refractivity contribution in [2.24, 2.45) is 5.92 Å². The van der Waals surface area contributed by atoms with Crippen molar-refractivity contribution in [1.29, 1.82) is 0 Å². The first-order chi connectivity index (χ1) is 9.95. The summed E-state index contributed by atoms with van der Waals surface area (Å²) in [5.74, 6) is 0.602. The van der Waals surface area contributed by atoms with Crippen LogP contribution in [-0.2, 0) is 4.79 Å². The van der Waals surface area contributed by atoms with Crippen LogP contribution < -0.4 is 5.32 Å². The Morgan fingerprint density at radius 2 is 2.14 bits per heavy atom. The van der Waals surface area contributed by atoms with E-state index in [1.165, 1.54) is 5.56 Å². The average molecular weight is 309 g/mol. The maximum absolute atomic E-state index is 12.9. The molecule has 0 saturated carbocycles. The highest BCUT2D eigenvalue weighted by Crippen LogP contribution is 2.32. The molecule has 118 valence electrons. The van der Waals surface area contributed by atoms with E-state index in [1.807, 2.05) is 4.90 Å². The summed E-state index contributed by atoms with van der Waals surface area (Å²) in [4.78, 5) is 17.1. The minimum Gasteiger partial charge on any atom is -0.318 e. The van der Waals surface area contributed by atoms with Gasteiger partial charge in [0.1, 0.15) is 6.17 Å². The van der Waals surface area contributed by atoms with Crippen LogP contribution in [0.25, 0.3) is 0 Å². The van der Waals surface area contributed by atoms with E-state index in [9.17, 15) is 4.79 Å². The summed E-state index contributed by atoms with van der Waals surface area (Å²) < 4.78 is 0. The lowest BCUT2D eigenvalue weighted by atomic mass is 9.99. The van der Waals surface area contributed by atoms with Gasteiger partial charge in [-0.05, 0) is 49.3 Å². The minimum atomic E-state index is -0.0653. The molecule has 1 aromatic rings. The van der Waals surface area contributed by atoms with Crippen LogP contribution in [0.1, 0.15) is 38.9 Å². The molecule has 5 heteroatoms. The van der Waals surface area contributed by atoms with Crippen molar-refractivity contribution in [2.45, 2.75) is 45.4 Å². The minimum absolute atomic E-state index is 0.0118. The van der Waals surface area contributed by atoms with Gasteiger partial charge in [-0.25, -0.2) is 0 Å². The molecule has 0 radical (unpaired) electrons. The SMILES string of the molecule is CCC(C)C1NC(c2ccsc2)N(C(C)CN(C)C)C1=O. The van der Waals surface area contributed by atoms with Crippen molar-refractivity contribution >= 4 is 17.2 Å². The molecular formula is C16H27N3OS. The Labute approximate surface area is 132 Å². The Morgan fingerprint density at radius 1 is 1.43 bits per heavy atom. The highest BCUT2D eigenvalue weighted by atomic mass is 32.1. The standard InChI is InChI=1S/C16H27N3OS/c1-6-11(2)14-16(20)19(12(3)9-18(4)5)15(17-14)13-7-8-21-10-13/h7-8,10-12,14-15,17H,6,9H2,1-5H3. The number of thiophene rings is 1. The second-order valence-corrected chi connectivity index (χ2v) is 7.13. The van der Waals surface area contributed by atoms with E-state index >= 15 is 0 Å². The molecule has 4 atom stereocenters. The van der Waals surface area contributed by atoms with Crippen LogP contribution in [0.2, 0.25) is 0 Å². The molecule has 1 saturated heterocycles. The number of hydrogen-bond acceptors (Lipinski definition) is 4. The normalized spacial score (nSPS) is 25.6. The molecule has 21 heavy (non-hydrogen) atoms. The maximum atomic E-state index is 12.9. The molecule has 1 aromatic heterocycles. The monoisotopic (exact) mass is 309 g/mol. The first-order valence-corrected chi connectivity index (χ1v) is 8.65. The van der Waals surface area contributed by atoms with Crippen LogP contribution in [0.3, 0.4) is 0 Å². The van der Waals surface area contributed by atoms with Gasteiger partial charge in [-0.1, -0.05) is 20.3 Å². The molecule has 0 aromatic carbocycles. The van der Waals surface area contributed by atoms with Crippen molar-refractivity contribution in [3.8, 4) is 0 Å². The van der Waals surface area contributed by atoms with Gasteiger partial charge in [-0.3, -0.25) is 10.1 Å². The smallest absolute Gasteiger partial charge is 0.241 e. The number of rotatable bonds is 6. The molecule has 0 bridgehead atoms. The van der Waals surface area contributed by atoms with E-state index in [-0.39, 0.29) is 24.2 Å². The average Bonchev–Trinajstić information content (AvgIpc) is 3.04. The molecule has 1 amide bonds. The fraction of sp³-hybridized carbons (Fsp3) is 0.688. The molecule has 2 heterocycles. The second kappa shape index (κ2) is 6.90. The van der Waals surface area contributed by atoms with Crippen LogP contribution in [0.15, 0.2) is 16.8 Å². The molecule has 4 nitrogen and oxygen atoms in total. The third-order valence-electron chi connectivity index (χ3n) is 4.31. The van der Waals surface area contributed by atoms with E-state index in [0.29, 0.717) is 5.92 Å². The van der Waals surface area contributed by atoms with Crippen LogP contribution in [0, 0.1) is 5.92 Å². The molecule has 2 rings (SSSR count). The largest absolute Gasteiger partial charge is 0.318 e. The van der Waals surface area contributed by atoms with Gasteiger partial charge in [0.25, 0.3) is 0 Å². The van der Waals surface area contributed by atoms with E-state index in [4.69, 9.17) is 0 Å². The molecule has 1 fully saturated rings. The number of likely N-dealkylation sites (N-methyl/N-ethyl adjacent to an activating group) is 1. The summed E-state index contributed by atoms with van der Waals surface area (Å²) in [6.45, 7) is 7.31. The van der Waals surface area contributed by atoms with Crippen molar-refractivity contribution in [3.05, 3.63) is 22.4 Å². The number of nitrogens with one attached hydrogen (secondary N) is 1. The number of carbonyl (C=O) groups is 1. The summed E-state index contributed by atoms with van der Waals surface area (Å²) in [6.07, 6.45) is 1.02. The zero-order chi connectivity index (χ0) is 15.6. The first kappa shape index (κ1) is 16.5. The zero-order valence-corrected chi connectivity index (χ0v) is 14.5. The van der Waals surface area contributed by atoms with Gasteiger partial charge < -0.3 is 9.80 Å². The van der Waals surface area contributed by atoms with E-state index in [2.05, 4.69) is 61.9 Å². The van der Waals surface area contributed by atoms with Gasteiger partial charge in [0, 0.05) is 12.6 Å². The predicted octanol–water partition coefficient (Wildman–Crippen LogP) is 2.54. The number of nitrogens with zero attached hydrogens (tertiary/aromatic N) is 2. The van der Waals surface area contributed by atoms with Crippen molar-refractivity contribution < 1.29 is 4.79 Å². The van der Waals surface area contributed by atoms with Gasteiger partial charge in [-0.2, -0.15) is 11.3 Å². The van der Waals surface area contributed by atoms with Crippen molar-refractivity contribution in [3.63, 3.8) is 0 Å². The van der Waals surface area contributed by atoms with Gasteiger partial charge in [0.2, 0.25) is 5.91 Å². The molecule has 1 aliphatic rings. The summed E-state index contributed by atoms with van der Waals surface area (Å²) in [5.41, 5.74) is 1.20. The lowest BCUT2D eigenvalue weighted by molar-refractivity contribution is -0.133. The molecule has 1 aliphatic heterocycles. The Balaban J connectivity index is 2.25. The summed E-state index contributed by atoms with van der Waals surface area (Å²) in [5, 5.41) is 7.78. The summed E-state index contributed by atoms with van der Waals surface area (Å²) >= 11 is 1.68. The summed E-state index contributed by atoms with van der Waals surface area (Å²) in [6, 6.07) is 2.24. The van der Waals surface area contributed by atoms with E-state index < -0.39 is 0 Å². The fourth-order valence-electron chi connectivity index (χ4n) is 3.03. The number of amides is 1. The van der Waals surface area contributed by atoms with Crippen molar-refractivity contribution in [1.82, 2.24) is 15.1 Å². The Bertz CT molecular complexity index is 460. The predicted molar refractivity (Wildman–Crippen MR) is 88.3 cm³/mol.